The van der Waals surface area contributed by atoms with Crippen LogP contribution in [0.15, 0.2) is 72.6 Å². The molecule has 7 nitrogen and oxygen atoms in total. The van der Waals surface area contributed by atoms with Gasteiger partial charge >= 0.3 is 0 Å². The second-order valence-electron chi connectivity index (χ2n) is 6.16. The van der Waals surface area contributed by atoms with Crippen molar-refractivity contribution < 1.29 is 14.1 Å². The van der Waals surface area contributed by atoms with Gasteiger partial charge in [-0.2, -0.15) is 0 Å². The molecule has 0 unspecified atom stereocenters. The van der Waals surface area contributed by atoms with Crippen LogP contribution in [-0.4, -0.2) is 20.5 Å². The Kier molecular flexibility index (Phi) is 4.65. The molecule has 9 heteroatoms. The number of hydrogen-bond acceptors (Lipinski definition) is 4. The third-order valence-electron chi connectivity index (χ3n) is 4.38. The van der Waals surface area contributed by atoms with E-state index in [0.29, 0.717) is 11.4 Å². The fraction of sp³-hybridized carbons (Fsp3) is 0. The number of nitro groups is 1. The Morgan fingerprint density at radius 3 is 2.48 bits per heavy atom. The fourth-order valence-electron chi connectivity index (χ4n) is 3.02. The minimum absolute atomic E-state index is 0.0145. The molecule has 1 aromatic heterocycles. The molecule has 2 aromatic carbocycles. The number of amides is 1. The number of nitro benzene ring substituents is 1. The van der Waals surface area contributed by atoms with Crippen LogP contribution in [0.2, 0.25) is 0 Å². The Hall–Kier alpha value is -3.85. The standard InChI is InChI=1S/C20H13FN4O3S/c21-16-5-1-2-6-18(16)24-19(26)17(22-20(24)29)12-15-4-3-11-23(15)13-7-9-14(10-8-13)25(27)28/h1-12H,(H,22,29)/b17-12-. The molecular weight excluding hydrogens is 395 g/mol. The smallest absolute Gasteiger partial charge is 0.281 e. The number of rotatable bonds is 4. The Morgan fingerprint density at radius 1 is 1.07 bits per heavy atom. The SMILES string of the molecule is O=C1/C(=C/c2cccn2-c2ccc([N+](=O)[O-])cc2)NC(=S)N1c1ccccc1F. The molecule has 1 amide bonds. The minimum atomic E-state index is -0.555. The van der Waals surface area contributed by atoms with Crippen molar-refractivity contribution in [2.45, 2.75) is 0 Å². The Bertz CT molecular complexity index is 1170. The van der Waals surface area contributed by atoms with Crippen molar-refractivity contribution in [3.63, 3.8) is 0 Å². The molecule has 1 aliphatic rings. The lowest BCUT2D eigenvalue weighted by molar-refractivity contribution is -0.384. The Balaban J connectivity index is 1.67. The number of nitrogens with zero attached hydrogens (tertiary/aromatic N) is 3. The highest BCUT2D eigenvalue weighted by Gasteiger charge is 2.33. The number of nitrogens with one attached hydrogen (secondary N) is 1. The Morgan fingerprint density at radius 2 is 1.79 bits per heavy atom. The van der Waals surface area contributed by atoms with E-state index in [2.05, 4.69) is 5.32 Å². The van der Waals surface area contributed by atoms with Crippen molar-refractivity contribution in [1.82, 2.24) is 9.88 Å². The van der Waals surface area contributed by atoms with Crippen molar-refractivity contribution in [3.8, 4) is 5.69 Å². The summed E-state index contributed by atoms with van der Waals surface area (Å²) in [6.45, 7) is 0. The zero-order valence-corrected chi connectivity index (χ0v) is 15.6. The first-order chi connectivity index (χ1) is 14.0. The van der Waals surface area contributed by atoms with Gasteiger partial charge in [-0.05, 0) is 54.7 Å². The third-order valence-corrected chi connectivity index (χ3v) is 4.67. The summed E-state index contributed by atoms with van der Waals surface area (Å²) in [6.07, 6.45) is 3.36. The number of non-ortho nitro benzene ring substituents is 1. The number of thiocarbonyl (C=S) groups is 1. The van der Waals surface area contributed by atoms with Crippen molar-refractivity contribution in [2.24, 2.45) is 0 Å². The molecule has 0 bridgehead atoms. The van der Waals surface area contributed by atoms with E-state index in [0.717, 1.165) is 4.90 Å². The predicted octanol–water partition coefficient (Wildman–Crippen LogP) is 3.79. The molecule has 1 fully saturated rings. The first-order valence-electron chi connectivity index (χ1n) is 8.49. The first kappa shape index (κ1) is 18.5. The second kappa shape index (κ2) is 7.28. The lowest BCUT2D eigenvalue weighted by Gasteiger charge is -2.14. The number of anilines is 1. The van der Waals surface area contributed by atoms with Gasteiger partial charge in [0.05, 0.1) is 10.6 Å². The lowest BCUT2D eigenvalue weighted by Crippen LogP contribution is -2.31. The van der Waals surface area contributed by atoms with Crippen LogP contribution in [0.5, 0.6) is 0 Å². The van der Waals surface area contributed by atoms with Gasteiger partial charge in [0, 0.05) is 29.7 Å². The van der Waals surface area contributed by atoms with E-state index < -0.39 is 16.6 Å². The van der Waals surface area contributed by atoms with Gasteiger partial charge in [0.15, 0.2) is 5.11 Å². The summed E-state index contributed by atoms with van der Waals surface area (Å²) in [4.78, 5) is 24.3. The monoisotopic (exact) mass is 408 g/mol. The number of halogens is 1. The van der Waals surface area contributed by atoms with Gasteiger partial charge in [-0.25, -0.2) is 9.29 Å². The first-order valence-corrected chi connectivity index (χ1v) is 8.90. The highest BCUT2D eigenvalue weighted by molar-refractivity contribution is 7.80. The average molecular weight is 408 g/mol. The number of carbonyl (C=O) groups excluding carboxylic acids is 1. The number of para-hydroxylation sites is 1. The highest BCUT2D eigenvalue weighted by atomic mass is 32.1. The summed E-state index contributed by atoms with van der Waals surface area (Å²) < 4.78 is 15.9. The van der Waals surface area contributed by atoms with Gasteiger partial charge < -0.3 is 9.88 Å². The van der Waals surface area contributed by atoms with Gasteiger partial charge in [-0.1, -0.05) is 12.1 Å². The molecule has 4 rings (SSSR count). The van der Waals surface area contributed by atoms with Gasteiger partial charge in [0.2, 0.25) is 0 Å². The number of benzene rings is 2. The summed E-state index contributed by atoms with van der Waals surface area (Å²) in [7, 11) is 0. The van der Waals surface area contributed by atoms with Crippen LogP contribution in [0, 0.1) is 15.9 Å². The van der Waals surface area contributed by atoms with E-state index in [1.807, 2.05) is 0 Å². The van der Waals surface area contributed by atoms with Crippen LogP contribution in [0.25, 0.3) is 11.8 Å². The maximum Gasteiger partial charge on any atom is 0.281 e. The normalized spacial score (nSPS) is 15.1. The third kappa shape index (κ3) is 3.39. The molecule has 0 atom stereocenters. The molecule has 1 aliphatic heterocycles. The van der Waals surface area contributed by atoms with Gasteiger partial charge in [-0.3, -0.25) is 14.9 Å². The molecule has 144 valence electrons. The van der Waals surface area contributed by atoms with Gasteiger partial charge in [-0.15, -0.1) is 0 Å². The molecule has 1 saturated heterocycles. The highest BCUT2D eigenvalue weighted by Crippen LogP contribution is 2.26. The minimum Gasteiger partial charge on any atom is -0.327 e. The largest absolute Gasteiger partial charge is 0.327 e. The molecule has 1 N–H and O–H groups in total. The zero-order chi connectivity index (χ0) is 20.5. The Labute approximate surface area is 169 Å². The van der Waals surface area contributed by atoms with E-state index in [1.165, 1.54) is 30.3 Å². The number of hydrogen-bond donors (Lipinski definition) is 1. The zero-order valence-electron chi connectivity index (χ0n) is 14.8. The summed E-state index contributed by atoms with van der Waals surface area (Å²) in [6, 6.07) is 15.5. The van der Waals surface area contributed by atoms with Crippen molar-refractivity contribution in [3.05, 3.63) is 94.2 Å². The summed E-state index contributed by atoms with van der Waals surface area (Å²) in [5.74, 6) is -1.03. The molecule has 3 aromatic rings. The fourth-order valence-corrected chi connectivity index (χ4v) is 3.31. The van der Waals surface area contributed by atoms with E-state index in [9.17, 15) is 19.3 Å². The molecule has 0 aliphatic carbocycles. The summed E-state index contributed by atoms with van der Waals surface area (Å²) in [5, 5.41) is 13.7. The summed E-state index contributed by atoms with van der Waals surface area (Å²) >= 11 is 5.21. The van der Waals surface area contributed by atoms with Crippen molar-refractivity contribution >= 4 is 40.7 Å². The summed E-state index contributed by atoms with van der Waals surface area (Å²) in [5.41, 5.74) is 1.59. The van der Waals surface area contributed by atoms with Gasteiger partial charge in [0.25, 0.3) is 11.6 Å². The lowest BCUT2D eigenvalue weighted by atomic mass is 10.2. The molecule has 0 radical (unpaired) electrons. The molecule has 29 heavy (non-hydrogen) atoms. The predicted molar refractivity (Wildman–Crippen MR) is 110 cm³/mol. The average Bonchev–Trinajstić information content (AvgIpc) is 3.27. The van der Waals surface area contributed by atoms with Gasteiger partial charge in [0.1, 0.15) is 11.5 Å². The number of aromatic nitrogens is 1. The van der Waals surface area contributed by atoms with E-state index in [-0.39, 0.29) is 22.2 Å². The van der Waals surface area contributed by atoms with Crippen LogP contribution in [-0.2, 0) is 4.79 Å². The number of carbonyl (C=O) groups is 1. The van der Waals surface area contributed by atoms with Crippen LogP contribution in [0.1, 0.15) is 5.69 Å². The maximum atomic E-state index is 14.1. The molecule has 0 spiro atoms. The topological polar surface area (TPSA) is 80.4 Å². The molecular formula is C20H13FN4O3S. The van der Waals surface area contributed by atoms with E-state index in [1.54, 1.807) is 47.2 Å². The van der Waals surface area contributed by atoms with E-state index >= 15 is 0 Å². The van der Waals surface area contributed by atoms with Crippen molar-refractivity contribution in [2.75, 3.05) is 4.90 Å². The van der Waals surface area contributed by atoms with Crippen molar-refractivity contribution in [1.29, 1.82) is 0 Å². The van der Waals surface area contributed by atoms with Crippen LogP contribution < -0.4 is 10.2 Å². The quantitative estimate of drug-likeness (QED) is 0.308. The van der Waals surface area contributed by atoms with E-state index in [4.69, 9.17) is 12.2 Å². The molecule has 0 saturated carbocycles. The second-order valence-corrected chi connectivity index (χ2v) is 6.54. The van der Waals surface area contributed by atoms with Crippen LogP contribution in [0.4, 0.5) is 15.8 Å². The molecule has 2 heterocycles. The van der Waals surface area contributed by atoms with Crippen LogP contribution >= 0.6 is 12.2 Å². The van der Waals surface area contributed by atoms with Crippen LogP contribution in [0.3, 0.4) is 0 Å². The maximum absolute atomic E-state index is 14.1.